The van der Waals surface area contributed by atoms with Crippen molar-refractivity contribution in [3.63, 3.8) is 0 Å². The van der Waals surface area contributed by atoms with Gasteiger partial charge in [0.25, 0.3) is 0 Å². The Morgan fingerprint density at radius 3 is 2.83 bits per heavy atom. The van der Waals surface area contributed by atoms with Crippen LogP contribution in [0.25, 0.3) is 22.5 Å². The maximum atomic E-state index is 12.4. The first kappa shape index (κ1) is 18.6. The van der Waals surface area contributed by atoms with Gasteiger partial charge in [-0.25, -0.2) is 4.79 Å². The summed E-state index contributed by atoms with van der Waals surface area (Å²) in [4.78, 5) is 32.7. The topological polar surface area (TPSA) is 116 Å². The highest BCUT2D eigenvalue weighted by atomic mass is 16.5. The Morgan fingerprint density at radius 2 is 2.03 bits per heavy atom. The molecule has 0 aliphatic carbocycles. The van der Waals surface area contributed by atoms with Crippen LogP contribution >= 0.6 is 0 Å². The van der Waals surface area contributed by atoms with E-state index in [1.807, 2.05) is 19.1 Å². The average Bonchev–Trinajstić information content (AvgIpc) is 3.32. The Balaban J connectivity index is 1.40. The molecule has 0 aliphatic heterocycles. The SMILES string of the molecule is Cc1ccc2oc(=O)n(CCC(=O)NC(C)c3nc(-c4ccncc4)no3)c2c1. The quantitative estimate of drug-likeness (QED) is 0.535. The van der Waals surface area contributed by atoms with E-state index in [1.54, 1.807) is 37.5 Å². The molecule has 1 N–H and O–H groups in total. The summed E-state index contributed by atoms with van der Waals surface area (Å²) in [5.74, 6) is 0.00223. The zero-order valence-corrected chi connectivity index (χ0v) is 16.0. The highest BCUT2D eigenvalue weighted by molar-refractivity contribution is 5.77. The minimum absolute atomic E-state index is 0.109. The van der Waals surface area contributed by atoms with Gasteiger partial charge in [-0.3, -0.25) is 14.3 Å². The zero-order chi connectivity index (χ0) is 20.4. The van der Waals surface area contributed by atoms with E-state index in [4.69, 9.17) is 8.94 Å². The fourth-order valence-electron chi connectivity index (χ4n) is 3.00. The van der Waals surface area contributed by atoms with Crippen LogP contribution in [0.2, 0.25) is 0 Å². The van der Waals surface area contributed by atoms with Gasteiger partial charge in [-0.15, -0.1) is 0 Å². The molecule has 1 aromatic carbocycles. The minimum Gasteiger partial charge on any atom is -0.408 e. The highest BCUT2D eigenvalue weighted by Gasteiger charge is 2.18. The average molecular weight is 393 g/mol. The van der Waals surface area contributed by atoms with Gasteiger partial charge in [0.1, 0.15) is 6.04 Å². The van der Waals surface area contributed by atoms with Crippen LogP contribution in [0.4, 0.5) is 0 Å². The van der Waals surface area contributed by atoms with Crippen LogP contribution in [0.5, 0.6) is 0 Å². The van der Waals surface area contributed by atoms with Gasteiger partial charge in [0.15, 0.2) is 5.58 Å². The summed E-state index contributed by atoms with van der Waals surface area (Å²) in [5, 5.41) is 6.74. The molecule has 9 heteroatoms. The van der Waals surface area contributed by atoms with E-state index in [0.29, 0.717) is 22.8 Å². The first-order valence-electron chi connectivity index (χ1n) is 9.14. The van der Waals surface area contributed by atoms with Crippen LogP contribution in [0, 0.1) is 6.92 Å². The van der Waals surface area contributed by atoms with E-state index in [1.165, 1.54) is 4.57 Å². The number of rotatable bonds is 6. The number of nitrogens with one attached hydrogen (secondary N) is 1. The Morgan fingerprint density at radius 1 is 1.24 bits per heavy atom. The molecule has 0 spiro atoms. The van der Waals surface area contributed by atoms with Crippen LogP contribution < -0.4 is 11.1 Å². The number of pyridine rings is 1. The molecular weight excluding hydrogens is 374 g/mol. The smallest absolute Gasteiger partial charge is 0.408 e. The molecule has 3 heterocycles. The summed E-state index contributed by atoms with van der Waals surface area (Å²) >= 11 is 0. The fourth-order valence-corrected chi connectivity index (χ4v) is 3.00. The van der Waals surface area contributed by atoms with Crippen molar-refractivity contribution in [2.75, 3.05) is 0 Å². The van der Waals surface area contributed by atoms with Crippen LogP contribution in [-0.4, -0.2) is 25.6 Å². The number of amides is 1. The lowest BCUT2D eigenvalue weighted by Crippen LogP contribution is -2.28. The number of fused-ring (bicyclic) bond motifs is 1. The third kappa shape index (κ3) is 3.93. The van der Waals surface area contributed by atoms with Crippen LogP contribution in [0.15, 0.2) is 56.5 Å². The maximum absolute atomic E-state index is 12.4. The van der Waals surface area contributed by atoms with E-state index in [2.05, 4.69) is 20.4 Å². The monoisotopic (exact) mass is 393 g/mol. The highest BCUT2D eigenvalue weighted by Crippen LogP contribution is 2.18. The fraction of sp³-hybridized carbons (Fsp3) is 0.250. The molecule has 0 fully saturated rings. The molecule has 0 saturated heterocycles. The van der Waals surface area contributed by atoms with E-state index in [0.717, 1.165) is 11.1 Å². The second-order valence-electron chi connectivity index (χ2n) is 6.72. The van der Waals surface area contributed by atoms with Gasteiger partial charge in [0.05, 0.1) is 5.52 Å². The largest absolute Gasteiger partial charge is 0.419 e. The Labute approximate surface area is 165 Å². The number of aromatic nitrogens is 4. The Hall–Kier alpha value is -3.75. The number of carbonyl (C=O) groups is 1. The first-order valence-corrected chi connectivity index (χ1v) is 9.14. The van der Waals surface area contributed by atoms with Crippen molar-refractivity contribution in [2.24, 2.45) is 0 Å². The number of hydrogen-bond acceptors (Lipinski definition) is 7. The molecule has 0 saturated carbocycles. The lowest BCUT2D eigenvalue weighted by molar-refractivity contribution is -0.122. The second-order valence-corrected chi connectivity index (χ2v) is 6.72. The number of nitrogens with zero attached hydrogens (tertiary/aromatic N) is 4. The predicted octanol–water partition coefficient (Wildman–Crippen LogP) is 2.62. The molecule has 1 atom stereocenters. The summed E-state index contributed by atoms with van der Waals surface area (Å²) in [6.45, 7) is 3.89. The molecule has 148 valence electrons. The Kier molecular flexibility index (Phi) is 4.94. The van der Waals surface area contributed by atoms with E-state index in [-0.39, 0.29) is 18.9 Å². The molecule has 0 bridgehead atoms. The van der Waals surface area contributed by atoms with Gasteiger partial charge in [-0.2, -0.15) is 4.98 Å². The van der Waals surface area contributed by atoms with Crippen molar-refractivity contribution < 1.29 is 13.7 Å². The molecule has 4 rings (SSSR count). The zero-order valence-electron chi connectivity index (χ0n) is 16.0. The van der Waals surface area contributed by atoms with Crippen molar-refractivity contribution in [2.45, 2.75) is 32.9 Å². The van der Waals surface area contributed by atoms with Crippen LogP contribution in [0.1, 0.15) is 30.8 Å². The third-order valence-electron chi connectivity index (χ3n) is 4.51. The number of benzene rings is 1. The number of hydrogen-bond donors (Lipinski definition) is 1. The van der Waals surface area contributed by atoms with Crippen molar-refractivity contribution in [3.05, 3.63) is 64.7 Å². The normalized spacial score (nSPS) is 12.2. The van der Waals surface area contributed by atoms with Gasteiger partial charge < -0.3 is 14.3 Å². The minimum atomic E-state index is -0.481. The van der Waals surface area contributed by atoms with Crippen LogP contribution in [0.3, 0.4) is 0 Å². The molecule has 4 aromatic rings. The summed E-state index contributed by atoms with van der Waals surface area (Å²) in [6.07, 6.45) is 3.39. The van der Waals surface area contributed by atoms with Gasteiger partial charge in [0, 0.05) is 30.9 Å². The molecule has 3 aromatic heterocycles. The predicted molar refractivity (Wildman–Crippen MR) is 104 cm³/mol. The van der Waals surface area contributed by atoms with Gasteiger partial charge >= 0.3 is 5.76 Å². The standard InChI is InChI=1S/C20H19N5O4/c1-12-3-4-16-15(11-12)25(20(27)28-16)10-7-17(26)22-13(2)19-23-18(24-29-19)14-5-8-21-9-6-14/h3-6,8-9,11,13H,7,10H2,1-2H3,(H,22,26). The third-order valence-corrected chi connectivity index (χ3v) is 4.51. The van der Waals surface area contributed by atoms with Crippen molar-refractivity contribution in [3.8, 4) is 11.4 Å². The lowest BCUT2D eigenvalue weighted by Gasteiger charge is -2.09. The maximum Gasteiger partial charge on any atom is 0.419 e. The van der Waals surface area contributed by atoms with Crippen molar-refractivity contribution in [1.29, 1.82) is 0 Å². The van der Waals surface area contributed by atoms with Crippen molar-refractivity contribution >= 4 is 17.0 Å². The first-order chi connectivity index (χ1) is 14.0. The van der Waals surface area contributed by atoms with E-state index >= 15 is 0 Å². The van der Waals surface area contributed by atoms with Crippen LogP contribution in [-0.2, 0) is 11.3 Å². The molecule has 29 heavy (non-hydrogen) atoms. The summed E-state index contributed by atoms with van der Waals surface area (Å²) < 4.78 is 11.9. The van der Waals surface area contributed by atoms with E-state index < -0.39 is 11.8 Å². The number of carbonyl (C=O) groups excluding carboxylic acids is 1. The summed E-state index contributed by atoms with van der Waals surface area (Å²) in [7, 11) is 0. The molecule has 1 unspecified atom stereocenters. The molecular formula is C20H19N5O4. The number of aryl methyl sites for hydroxylation is 2. The van der Waals surface area contributed by atoms with Gasteiger partial charge in [-0.1, -0.05) is 11.2 Å². The molecule has 0 aliphatic rings. The van der Waals surface area contributed by atoms with Gasteiger partial charge in [0.2, 0.25) is 17.6 Å². The van der Waals surface area contributed by atoms with E-state index in [9.17, 15) is 9.59 Å². The summed E-state index contributed by atoms with van der Waals surface area (Å²) in [5.41, 5.74) is 2.96. The summed E-state index contributed by atoms with van der Waals surface area (Å²) in [6, 6.07) is 8.56. The molecule has 1 amide bonds. The lowest BCUT2D eigenvalue weighted by atomic mass is 10.2. The molecule has 9 nitrogen and oxygen atoms in total. The van der Waals surface area contributed by atoms with Gasteiger partial charge in [-0.05, 0) is 43.7 Å². The molecule has 0 radical (unpaired) electrons. The second kappa shape index (κ2) is 7.70. The Bertz CT molecular complexity index is 1210. The number of oxazole rings is 1. The van der Waals surface area contributed by atoms with Crippen molar-refractivity contribution in [1.82, 2.24) is 25.0 Å².